The van der Waals surface area contributed by atoms with Gasteiger partial charge in [-0.25, -0.2) is 9.97 Å². The first-order chi connectivity index (χ1) is 15.3. The van der Waals surface area contributed by atoms with Gasteiger partial charge in [-0.3, -0.25) is 4.79 Å². The van der Waals surface area contributed by atoms with Crippen molar-refractivity contribution < 1.29 is 14.3 Å². The highest BCUT2D eigenvalue weighted by Crippen LogP contribution is 2.27. The maximum atomic E-state index is 13.2. The van der Waals surface area contributed by atoms with E-state index in [9.17, 15) is 4.79 Å². The minimum atomic E-state index is -0.671. The first kappa shape index (κ1) is 19.5. The van der Waals surface area contributed by atoms with Gasteiger partial charge >= 0.3 is 0 Å². The Hall–Kier alpha value is -3.41. The molecule has 0 bridgehead atoms. The van der Waals surface area contributed by atoms with Gasteiger partial charge in [0.1, 0.15) is 12.7 Å². The van der Waals surface area contributed by atoms with Crippen LogP contribution in [-0.2, 0) is 29.1 Å². The van der Waals surface area contributed by atoms with Crippen LogP contribution in [0.5, 0.6) is 0 Å². The predicted molar refractivity (Wildman–Crippen MR) is 118 cm³/mol. The molecule has 2 atom stereocenters. The molecule has 5 nitrogen and oxygen atoms in total. The van der Waals surface area contributed by atoms with Crippen LogP contribution in [0.25, 0.3) is 10.9 Å². The molecule has 0 amide bonds. The number of nitrogens with zero attached hydrogens (tertiary/aromatic N) is 2. The Balaban J connectivity index is 1.36. The van der Waals surface area contributed by atoms with E-state index in [2.05, 4.69) is 9.97 Å². The molecule has 1 heterocycles. The van der Waals surface area contributed by atoms with E-state index in [-0.39, 0.29) is 12.4 Å². The van der Waals surface area contributed by atoms with Crippen molar-refractivity contribution in [3.8, 4) is 0 Å². The van der Waals surface area contributed by atoms with Crippen LogP contribution in [0, 0.1) is 0 Å². The Labute approximate surface area is 180 Å². The van der Waals surface area contributed by atoms with Gasteiger partial charge in [-0.15, -0.1) is 0 Å². The summed E-state index contributed by atoms with van der Waals surface area (Å²) in [7, 11) is 0. The van der Waals surface area contributed by atoms with Gasteiger partial charge < -0.3 is 9.47 Å². The molecule has 3 aromatic carbocycles. The van der Waals surface area contributed by atoms with Crippen LogP contribution in [0.3, 0.4) is 0 Å². The molecule has 1 aromatic heterocycles. The van der Waals surface area contributed by atoms with Crippen LogP contribution in [0.15, 0.2) is 85.1 Å². The number of fused-ring (bicyclic) bond motifs is 2. The molecule has 1 aliphatic rings. The van der Waals surface area contributed by atoms with Gasteiger partial charge in [-0.2, -0.15) is 0 Å². The highest BCUT2D eigenvalue weighted by molar-refractivity contribution is 6.02. The summed E-state index contributed by atoms with van der Waals surface area (Å²) in [6.07, 6.45) is 1.33. The third-order valence-corrected chi connectivity index (χ3v) is 5.54. The van der Waals surface area contributed by atoms with E-state index in [4.69, 9.17) is 9.47 Å². The lowest BCUT2D eigenvalue weighted by Crippen LogP contribution is -2.44. The molecule has 4 aromatic rings. The monoisotopic (exact) mass is 410 g/mol. The molecule has 0 aliphatic heterocycles. The highest BCUT2D eigenvalue weighted by Gasteiger charge is 2.37. The molecular formula is C26H22N2O3. The Morgan fingerprint density at radius 3 is 2.52 bits per heavy atom. The third-order valence-electron chi connectivity index (χ3n) is 5.54. The summed E-state index contributed by atoms with van der Waals surface area (Å²) in [5.74, 6) is 0.550. The average molecular weight is 410 g/mol. The molecule has 0 saturated heterocycles. The predicted octanol–water partition coefficient (Wildman–Crippen LogP) is 4.54. The normalized spacial score (nSPS) is 18.1. The van der Waals surface area contributed by atoms with Gasteiger partial charge in [0.25, 0.3) is 0 Å². The molecule has 1 aliphatic carbocycles. The Kier molecular flexibility index (Phi) is 5.52. The van der Waals surface area contributed by atoms with E-state index in [1.54, 1.807) is 6.20 Å². The van der Waals surface area contributed by atoms with Crippen LogP contribution in [0.1, 0.15) is 27.3 Å². The van der Waals surface area contributed by atoms with Crippen molar-refractivity contribution in [2.45, 2.75) is 31.8 Å². The number of Topliss-reactive ketones (excluding diaryl/α,β-unsaturated/α-hetero) is 1. The molecule has 0 radical (unpaired) electrons. The van der Waals surface area contributed by atoms with Crippen molar-refractivity contribution in [3.05, 3.63) is 108 Å². The second-order valence-electron chi connectivity index (χ2n) is 7.64. The van der Waals surface area contributed by atoms with Crippen LogP contribution in [0.4, 0.5) is 0 Å². The number of hydrogen-bond acceptors (Lipinski definition) is 5. The summed E-state index contributed by atoms with van der Waals surface area (Å²) in [5, 5.41) is 0.983. The Morgan fingerprint density at radius 2 is 1.61 bits per heavy atom. The average Bonchev–Trinajstić information content (AvgIpc) is 2.83. The largest absolute Gasteiger partial charge is 0.367 e. The van der Waals surface area contributed by atoms with Crippen molar-refractivity contribution in [2.24, 2.45) is 0 Å². The van der Waals surface area contributed by atoms with Crippen LogP contribution >= 0.6 is 0 Å². The van der Waals surface area contributed by atoms with Gasteiger partial charge in [0.2, 0.25) is 0 Å². The Bertz CT molecular complexity index is 1210. The third kappa shape index (κ3) is 4.24. The summed E-state index contributed by atoms with van der Waals surface area (Å²) >= 11 is 0. The fourth-order valence-corrected chi connectivity index (χ4v) is 3.94. The zero-order valence-corrected chi connectivity index (χ0v) is 17.0. The number of ketones is 1. The van der Waals surface area contributed by atoms with Crippen molar-refractivity contribution >= 4 is 16.7 Å². The summed E-state index contributed by atoms with van der Waals surface area (Å²) < 4.78 is 12.3. The summed E-state index contributed by atoms with van der Waals surface area (Å²) in [4.78, 5) is 22.2. The number of aromatic nitrogens is 2. The molecule has 0 spiro atoms. The van der Waals surface area contributed by atoms with E-state index in [0.29, 0.717) is 24.4 Å². The van der Waals surface area contributed by atoms with Gasteiger partial charge in [-0.05, 0) is 17.2 Å². The number of hydrogen-bond donors (Lipinski definition) is 0. The van der Waals surface area contributed by atoms with E-state index in [1.165, 1.54) is 0 Å². The van der Waals surface area contributed by atoms with Crippen molar-refractivity contribution in [1.29, 1.82) is 0 Å². The SMILES string of the molecule is O=C1c2ccccc2CC(OCc2ncc3ccccc3n2)C1OCc1ccccc1. The maximum Gasteiger partial charge on any atom is 0.194 e. The van der Waals surface area contributed by atoms with Crippen LogP contribution in [-0.4, -0.2) is 28.0 Å². The zero-order chi connectivity index (χ0) is 21.0. The molecule has 5 heteroatoms. The molecule has 5 rings (SSSR count). The van der Waals surface area contributed by atoms with Crippen LogP contribution < -0.4 is 0 Å². The molecule has 0 saturated carbocycles. The molecular weight excluding hydrogens is 388 g/mol. The van der Waals surface area contributed by atoms with Crippen molar-refractivity contribution in [1.82, 2.24) is 9.97 Å². The molecule has 2 unspecified atom stereocenters. The van der Waals surface area contributed by atoms with Gasteiger partial charge in [-0.1, -0.05) is 72.8 Å². The molecule has 0 N–H and O–H groups in total. The lowest BCUT2D eigenvalue weighted by Gasteiger charge is -2.31. The number of carbonyl (C=O) groups is 1. The topological polar surface area (TPSA) is 61.3 Å². The molecule has 0 fully saturated rings. The van der Waals surface area contributed by atoms with E-state index < -0.39 is 12.2 Å². The zero-order valence-electron chi connectivity index (χ0n) is 17.0. The minimum Gasteiger partial charge on any atom is -0.367 e. The second kappa shape index (κ2) is 8.76. The van der Waals surface area contributed by atoms with Crippen molar-refractivity contribution in [2.75, 3.05) is 0 Å². The number of para-hydroxylation sites is 1. The van der Waals surface area contributed by atoms with Gasteiger partial charge in [0, 0.05) is 23.6 Å². The fraction of sp³-hybridized carbons (Fsp3) is 0.192. The van der Waals surface area contributed by atoms with Crippen molar-refractivity contribution in [3.63, 3.8) is 0 Å². The summed E-state index contributed by atoms with van der Waals surface area (Å²) in [5.41, 5.74) is 3.59. The summed E-state index contributed by atoms with van der Waals surface area (Å²) in [6, 6.07) is 25.4. The maximum absolute atomic E-state index is 13.2. The first-order valence-electron chi connectivity index (χ1n) is 10.4. The number of benzene rings is 3. The fourth-order valence-electron chi connectivity index (χ4n) is 3.94. The lowest BCUT2D eigenvalue weighted by atomic mass is 9.86. The first-order valence-corrected chi connectivity index (χ1v) is 10.4. The van der Waals surface area contributed by atoms with Crippen LogP contribution in [0.2, 0.25) is 0 Å². The standard InChI is InChI=1S/C26H22N2O3/c29-25-21-12-6-4-10-19(21)14-23(26(25)31-16-18-8-2-1-3-9-18)30-17-24-27-15-20-11-5-7-13-22(20)28-24/h1-13,15,23,26H,14,16-17H2. The van der Waals surface area contributed by atoms with Gasteiger partial charge in [0.05, 0.1) is 18.2 Å². The minimum absolute atomic E-state index is 0.0396. The Morgan fingerprint density at radius 1 is 0.839 bits per heavy atom. The lowest BCUT2D eigenvalue weighted by molar-refractivity contribution is -0.0729. The molecule has 154 valence electrons. The number of carbonyl (C=O) groups excluding carboxylic acids is 1. The number of ether oxygens (including phenoxy) is 2. The van der Waals surface area contributed by atoms with E-state index in [1.807, 2.05) is 78.9 Å². The van der Waals surface area contributed by atoms with Gasteiger partial charge in [0.15, 0.2) is 11.6 Å². The molecule has 31 heavy (non-hydrogen) atoms. The second-order valence-corrected chi connectivity index (χ2v) is 7.64. The summed E-state index contributed by atoms with van der Waals surface area (Å²) in [6.45, 7) is 0.571. The smallest absolute Gasteiger partial charge is 0.194 e. The van der Waals surface area contributed by atoms with E-state index in [0.717, 1.165) is 22.0 Å². The quantitative estimate of drug-likeness (QED) is 0.467. The highest BCUT2D eigenvalue weighted by atomic mass is 16.5. The van der Waals surface area contributed by atoms with E-state index >= 15 is 0 Å². The number of rotatable bonds is 6.